The Morgan fingerprint density at radius 3 is 3.00 bits per heavy atom. The van der Waals surface area contributed by atoms with Gasteiger partial charge in [0.2, 0.25) is 0 Å². The highest BCUT2D eigenvalue weighted by atomic mass is 16.1. The van der Waals surface area contributed by atoms with Gasteiger partial charge in [-0.1, -0.05) is 38.3 Å². The van der Waals surface area contributed by atoms with Crippen LogP contribution in [0.4, 0.5) is 0 Å². The average Bonchev–Trinajstić information content (AvgIpc) is 2.53. The summed E-state index contributed by atoms with van der Waals surface area (Å²) < 4.78 is 0. The van der Waals surface area contributed by atoms with E-state index in [1.54, 1.807) is 0 Å². The maximum Gasteiger partial charge on any atom is 0.126 e. The molecule has 0 spiro atoms. The van der Waals surface area contributed by atoms with Gasteiger partial charge in [0.05, 0.1) is 0 Å². The lowest BCUT2D eigenvalue weighted by atomic mass is 10.0. The van der Waals surface area contributed by atoms with Gasteiger partial charge >= 0.3 is 0 Å². The molecule has 0 heterocycles. The van der Waals surface area contributed by atoms with Crippen molar-refractivity contribution < 1.29 is 4.79 Å². The first-order valence-electron chi connectivity index (χ1n) is 5.41. The molecule has 1 heteroatoms. The zero-order valence-electron chi connectivity index (χ0n) is 8.75. The van der Waals surface area contributed by atoms with Gasteiger partial charge in [-0.3, -0.25) is 0 Å². The van der Waals surface area contributed by atoms with E-state index >= 15 is 0 Å². The average molecular weight is 180 g/mol. The Labute approximate surface area is 81.2 Å². The first-order chi connectivity index (χ1) is 6.26. The van der Waals surface area contributed by atoms with Gasteiger partial charge in [0.25, 0.3) is 0 Å². The third-order valence-corrected chi connectivity index (χ3v) is 2.83. The van der Waals surface area contributed by atoms with Crippen molar-refractivity contribution in [2.75, 3.05) is 0 Å². The maximum absolute atomic E-state index is 10.5. The van der Waals surface area contributed by atoms with Crippen LogP contribution in [0.1, 0.15) is 46.0 Å². The van der Waals surface area contributed by atoms with Gasteiger partial charge in [-0.25, -0.2) is 0 Å². The molecule has 0 amide bonds. The highest BCUT2D eigenvalue weighted by molar-refractivity contribution is 5.56. The standard InChI is InChI=1S/C12H20O/c1-3-4-11-5-6-12(8-11)7-10(2)9-13/h7,9-11H,3-6,8H2,1-2H3. The molecule has 1 aliphatic rings. The molecule has 0 radical (unpaired) electrons. The predicted octanol–water partition coefficient (Wildman–Crippen LogP) is 3.35. The van der Waals surface area contributed by atoms with E-state index in [2.05, 4.69) is 13.0 Å². The molecular weight excluding hydrogens is 160 g/mol. The topological polar surface area (TPSA) is 17.1 Å². The van der Waals surface area contributed by atoms with Crippen LogP contribution in [-0.4, -0.2) is 6.29 Å². The number of carbonyl (C=O) groups excluding carboxylic acids is 1. The fraction of sp³-hybridized carbons (Fsp3) is 0.750. The number of hydrogen-bond donors (Lipinski definition) is 0. The van der Waals surface area contributed by atoms with Crippen LogP contribution in [0.15, 0.2) is 11.6 Å². The number of allylic oxidation sites excluding steroid dienone is 2. The van der Waals surface area contributed by atoms with Gasteiger partial charge in [-0.2, -0.15) is 0 Å². The minimum Gasteiger partial charge on any atom is -0.303 e. The summed E-state index contributed by atoms with van der Waals surface area (Å²) in [6, 6.07) is 0. The number of rotatable bonds is 4. The molecular formula is C12H20O. The Bertz CT molecular complexity index is 193. The Kier molecular flexibility index (Phi) is 4.20. The SMILES string of the molecule is CCCC1CCC(=CC(C)C=O)C1. The van der Waals surface area contributed by atoms with E-state index in [4.69, 9.17) is 0 Å². The smallest absolute Gasteiger partial charge is 0.126 e. The molecule has 13 heavy (non-hydrogen) atoms. The van der Waals surface area contributed by atoms with Gasteiger partial charge < -0.3 is 4.79 Å². The van der Waals surface area contributed by atoms with Gasteiger partial charge in [0.15, 0.2) is 0 Å². The molecule has 1 rings (SSSR count). The number of hydrogen-bond acceptors (Lipinski definition) is 1. The zero-order valence-corrected chi connectivity index (χ0v) is 8.75. The molecule has 74 valence electrons. The Balaban J connectivity index is 2.39. The van der Waals surface area contributed by atoms with Crippen molar-refractivity contribution in [3.8, 4) is 0 Å². The summed E-state index contributed by atoms with van der Waals surface area (Å²) in [5, 5.41) is 0. The van der Waals surface area contributed by atoms with E-state index in [1.165, 1.54) is 37.7 Å². The zero-order chi connectivity index (χ0) is 9.68. The normalized spacial score (nSPS) is 27.8. The minimum atomic E-state index is 0.121. The molecule has 2 unspecified atom stereocenters. The van der Waals surface area contributed by atoms with E-state index in [-0.39, 0.29) is 5.92 Å². The molecule has 1 fully saturated rings. The Morgan fingerprint density at radius 2 is 2.38 bits per heavy atom. The first-order valence-corrected chi connectivity index (χ1v) is 5.41. The van der Waals surface area contributed by atoms with Gasteiger partial charge in [0.1, 0.15) is 6.29 Å². The van der Waals surface area contributed by atoms with Crippen LogP contribution in [0, 0.1) is 11.8 Å². The molecule has 0 aromatic carbocycles. The van der Waals surface area contributed by atoms with Crippen molar-refractivity contribution in [3.05, 3.63) is 11.6 Å². The van der Waals surface area contributed by atoms with Crippen molar-refractivity contribution in [1.29, 1.82) is 0 Å². The fourth-order valence-electron chi connectivity index (χ4n) is 2.18. The maximum atomic E-state index is 10.5. The molecule has 0 aromatic rings. The summed E-state index contributed by atoms with van der Waals surface area (Å²) in [6.45, 7) is 4.21. The van der Waals surface area contributed by atoms with E-state index in [1.807, 2.05) is 6.92 Å². The van der Waals surface area contributed by atoms with Crippen LogP contribution in [0.5, 0.6) is 0 Å². The second kappa shape index (κ2) is 5.21. The molecule has 1 nitrogen and oxygen atoms in total. The Hall–Kier alpha value is -0.590. The van der Waals surface area contributed by atoms with E-state index in [0.29, 0.717) is 0 Å². The lowest BCUT2D eigenvalue weighted by Gasteiger charge is -2.04. The largest absolute Gasteiger partial charge is 0.303 e. The third-order valence-electron chi connectivity index (χ3n) is 2.83. The molecule has 0 saturated heterocycles. The summed E-state index contributed by atoms with van der Waals surface area (Å²) in [6.07, 6.45) is 9.64. The molecule has 0 aliphatic heterocycles. The quantitative estimate of drug-likeness (QED) is 0.479. The van der Waals surface area contributed by atoms with Crippen molar-refractivity contribution >= 4 is 6.29 Å². The van der Waals surface area contributed by atoms with Crippen molar-refractivity contribution in [1.82, 2.24) is 0 Å². The summed E-state index contributed by atoms with van der Waals surface area (Å²) >= 11 is 0. The van der Waals surface area contributed by atoms with Crippen LogP contribution in [0.25, 0.3) is 0 Å². The third kappa shape index (κ3) is 3.33. The van der Waals surface area contributed by atoms with Crippen LogP contribution in [0.3, 0.4) is 0 Å². The van der Waals surface area contributed by atoms with Crippen LogP contribution < -0.4 is 0 Å². The minimum absolute atomic E-state index is 0.121. The highest BCUT2D eigenvalue weighted by Crippen LogP contribution is 2.33. The summed E-state index contributed by atoms with van der Waals surface area (Å²) in [7, 11) is 0. The lowest BCUT2D eigenvalue weighted by molar-refractivity contribution is -0.109. The summed E-state index contributed by atoms with van der Waals surface area (Å²) in [5.74, 6) is 1.02. The second-order valence-corrected chi connectivity index (χ2v) is 4.22. The molecule has 0 bridgehead atoms. The summed E-state index contributed by atoms with van der Waals surface area (Å²) in [4.78, 5) is 10.5. The monoisotopic (exact) mass is 180 g/mol. The molecule has 0 N–H and O–H groups in total. The van der Waals surface area contributed by atoms with Crippen molar-refractivity contribution in [3.63, 3.8) is 0 Å². The second-order valence-electron chi connectivity index (χ2n) is 4.22. The predicted molar refractivity (Wildman–Crippen MR) is 55.6 cm³/mol. The Morgan fingerprint density at radius 1 is 1.62 bits per heavy atom. The lowest BCUT2D eigenvalue weighted by Crippen LogP contribution is -1.93. The van der Waals surface area contributed by atoms with Crippen LogP contribution in [0.2, 0.25) is 0 Å². The van der Waals surface area contributed by atoms with Gasteiger partial charge in [-0.05, 0) is 25.2 Å². The van der Waals surface area contributed by atoms with E-state index in [0.717, 1.165) is 12.2 Å². The van der Waals surface area contributed by atoms with Gasteiger partial charge in [0, 0.05) is 5.92 Å². The number of aldehydes is 1. The summed E-state index contributed by atoms with van der Waals surface area (Å²) in [5.41, 5.74) is 1.51. The fourth-order valence-corrected chi connectivity index (χ4v) is 2.18. The van der Waals surface area contributed by atoms with Crippen molar-refractivity contribution in [2.24, 2.45) is 11.8 Å². The molecule has 1 aliphatic carbocycles. The van der Waals surface area contributed by atoms with Crippen molar-refractivity contribution in [2.45, 2.75) is 46.0 Å². The first kappa shape index (κ1) is 10.5. The number of carbonyl (C=O) groups is 1. The van der Waals surface area contributed by atoms with Crippen LogP contribution >= 0.6 is 0 Å². The van der Waals surface area contributed by atoms with E-state index in [9.17, 15) is 4.79 Å². The molecule has 2 atom stereocenters. The molecule has 0 aromatic heterocycles. The van der Waals surface area contributed by atoms with Crippen LogP contribution in [-0.2, 0) is 4.79 Å². The van der Waals surface area contributed by atoms with Gasteiger partial charge in [-0.15, -0.1) is 0 Å². The molecule has 1 saturated carbocycles. The highest BCUT2D eigenvalue weighted by Gasteiger charge is 2.18. The van der Waals surface area contributed by atoms with E-state index < -0.39 is 0 Å².